The summed E-state index contributed by atoms with van der Waals surface area (Å²) in [5, 5.41) is 9.78. The van der Waals surface area contributed by atoms with Crippen LogP contribution in [0, 0.1) is 5.41 Å². The smallest absolute Gasteiger partial charge is 0.168 e. The monoisotopic (exact) mass is 198 g/mol. The summed E-state index contributed by atoms with van der Waals surface area (Å²) in [4.78, 5) is 11.9. The molecule has 0 spiro atoms. The predicted octanol–water partition coefficient (Wildman–Crippen LogP) is 1.31. The molecular formula is C11H18O3. The van der Waals surface area contributed by atoms with Gasteiger partial charge in [-0.3, -0.25) is 4.79 Å². The van der Waals surface area contributed by atoms with Crippen LogP contribution in [0.15, 0.2) is 12.2 Å². The Hall–Kier alpha value is -0.670. The molecule has 0 fully saturated rings. The Bertz CT molecular complexity index is 268. The van der Waals surface area contributed by atoms with Crippen LogP contribution >= 0.6 is 0 Å². The molecule has 0 saturated carbocycles. The number of methoxy groups -OCH3 is 1. The van der Waals surface area contributed by atoms with Crippen molar-refractivity contribution in [3.63, 3.8) is 0 Å². The number of aliphatic hydroxyl groups excluding tert-OH is 1. The lowest BCUT2D eigenvalue weighted by Crippen LogP contribution is -2.47. The molecule has 0 amide bonds. The van der Waals surface area contributed by atoms with E-state index in [1.807, 2.05) is 19.9 Å². The molecular weight excluding hydrogens is 180 g/mol. The number of ether oxygens (including phenoxy) is 1. The summed E-state index contributed by atoms with van der Waals surface area (Å²) < 4.78 is 5.13. The van der Waals surface area contributed by atoms with Crippen LogP contribution in [-0.4, -0.2) is 29.7 Å². The normalized spacial score (nSPS) is 36.9. The second-order valence-electron chi connectivity index (χ2n) is 4.70. The molecule has 3 heteroatoms. The summed E-state index contributed by atoms with van der Waals surface area (Å²) in [6, 6.07) is 0. The first-order valence-corrected chi connectivity index (χ1v) is 4.78. The number of hydrogen-bond donors (Lipinski definition) is 1. The lowest BCUT2D eigenvalue weighted by atomic mass is 9.84. The van der Waals surface area contributed by atoms with Crippen LogP contribution in [0.3, 0.4) is 0 Å². The minimum Gasteiger partial charge on any atom is -0.386 e. The van der Waals surface area contributed by atoms with Gasteiger partial charge in [0.15, 0.2) is 11.4 Å². The molecule has 0 aromatic heterocycles. The summed E-state index contributed by atoms with van der Waals surface area (Å²) in [6.07, 6.45) is 3.06. The summed E-state index contributed by atoms with van der Waals surface area (Å²) in [5.41, 5.74) is -1.29. The van der Waals surface area contributed by atoms with Gasteiger partial charge in [0, 0.05) is 13.5 Å². The molecule has 80 valence electrons. The Kier molecular flexibility index (Phi) is 2.83. The lowest BCUT2D eigenvalue weighted by Gasteiger charge is -2.29. The van der Waals surface area contributed by atoms with Gasteiger partial charge in [-0.2, -0.15) is 0 Å². The topological polar surface area (TPSA) is 46.5 Å². The number of carbonyl (C=O) groups is 1. The summed E-state index contributed by atoms with van der Waals surface area (Å²) in [5.74, 6) is -0.0532. The van der Waals surface area contributed by atoms with Gasteiger partial charge in [0.05, 0.1) is 0 Å². The van der Waals surface area contributed by atoms with E-state index in [0.29, 0.717) is 6.42 Å². The average molecular weight is 198 g/mol. The Morgan fingerprint density at radius 2 is 2.07 bits per heavy atom. The van der Waals surface area contributed by atoms with Gasteiger partial charge in [0.2, 0.25) is 0 Å². The van der Waals surface area contributed by atoms with Crippen molar-refractivity contribution in [3.05, 3.63) is 12.2 Å². The van der Waals surface area contributed by atoms with E-state index >= 15 is 0 Å². The Morgan fingerprint density at radius 3 is 2.57 bits per heavy atom. The lowest BCUT2D eigenvalue weighted by molar-refractivity contribution is -0.149. The zero-order chi connectivity index (χ0) is 11.0. The number of carbonyl (C=O) groups excluding carboxylic acids is 1. The number of aliphatic hydroxyl groups is 1. The molecule has 1 aliphatic carbocycles. The van der Waals surface area contributed by atoms with Crippen LogP contribution in [0.1, 0.15) is 27.2 Å². The molecule has 0 aromatic rings. The van der Waals surface area contributed by atoms with Crippen LogP contribution in [0.5, 0.6) is 0 Å². The van der Waals surface area contributed by atoms with Gasteiger partial charge in [-0.15, -0.1) is 0 Å². The van der Waals surface area contributed by atoms with Crippen molar-refractivity contribution < 1.29 is 14.6 Å². The summed E-state index contributed by atoms with van der Waals surface area (Å²) in [7, 11) is 1.45. The maximum atomic E-state index is 11.9. The first-order valence-electron chi connectivity index (χ1n) is 4.78. The molecule has 0 saturated heterocycles. The number of allylic oxidation sites excluding steroid dienone is 1. The van der Waals surface area contributed by atoms with Crippen LogP contribution in [0.2, 0.25) is 0 Å². The largest absolute Gasteiger partial charge is 0.386 e. The van der Waals surface area contributed by atoms with Gasteiger partial charge in [0.25, 0.3) is 0 Å². The van der Waals surface area contributed by atoms with E-state index in [-0.39, 0.29) is 11.2 Å². The van der Waals surface area contributed by atoms with Crippen molar-refractivity contribution in [2.24, 2.45) is 5.41 Å². The molecule has 2 unspecified atom stereocenters. The zero-order valence-corrected chi connectivity index (χ0v) is 9.20. The van der Waals surface area contributed by atoms with Crippen molar-refractivity contribution in [1.82, 2.24) is 0 Å². The second-order valence-corrected chi connectivity index (χ2v) is 4.70. The molecule has 0 bridgehead atoms. The molecule has 1 N–H and O–H groups in total. The molecule has 3 nitrogen and oxygen atoms in total. The third-order valence-corrected chi connectivity index (χ3v) is 2.89. The van der Waals surface area contributed by atoms with Gasteiger partial charge in [-0.25, -0.2) is 0 Å². The molecule has 1 aliphatic rings. The van der Waals surface area contributed by atoms with E-state index < -0.39 is 11.7 Å². The number of hydrogen-bond acceptors (Lipinski definition) is 3. The van der Waals surface area contributed by atoms with E-state index in [9.17, 15) is 9.90 Å². The first-order chi connectivity index (χ1) is 6.32. The molecule has 0 heterocycles. The fourth-order valence-corrected chi connectivity index (χ4v) is 1.58. The van der Waals surface area contributed by atoms with Crippen LogP contribution in [0.25, 0.3) is 0 Å². The fourth-order valence-electron chi connectivity index (χ4n) is 1.58. The van der Waals surface area contributed by atoms with Crippen molar-refractivity contribution in [3.8, 4) is 0 Å². The maximum Gasteiger partial charge on any atom is 0.168 e. The highest BCUT2D eigenvalue weighted by Crippen LogP contribution is 2.32. The Labute approximate surface area is 84.8 Å². The number of rotatable bonds is 1. The quantitative estimate of drug-likeness (QED) is 0.646. The standard InChI is InChI=1S/C11H18O3/c1-10(2)6-5-8(12)11(3,14-4)9(13)7-10/h5-6,8,12H,7H2,1-4H3. The van der Waals surface area contributed by atoms with E-state index in [2.05, 4.69) is 0 Å². The fraction of sp³-hybridized carbons (Fsp3) is 0.727. The highest BCUT2D eigenvalue weighted by atomic mass is 16.5. The van der Waals surface area contributed by atoms with E-state index in [1.54, 1.807) is 13.0 Å². The van der Waals surface area contributed by atoms with Gasteiger partial charge in [0.1, 0.15) is 6.10 Å². The van der Waals surface area contributed by atoms with E-state index in [0.717, 1.165) is 0 Å². The van der Waals surface area contributed by atoms with Gasteiger partial charge in [-0.1, -0.05) is 26.0 Å². The SMILES string of the molecule is COC1(C)C(=O)CC(C)(C)C=CC1O. The molecule has 1 rings (SSSR count). The van der Waals surface area contributed by atoms with Gasteiger partial charge in [-0.05, 0) is 12.3 Å². The molecule has 0 aliphatic heterocycles. The molecule has 14 heavy (non-hydrogen) atoms. The second kappa shape index (κ2) is 3.48. The summed E-state index contributed by atoms with van der Waals surface area (Å²) >= 11 is 0. The predicted molar refractivity (Wildman–Crippen MR) is 54.0 cm³/mol. The van der Waals surface area contributed by atoms with Crippen LogP contribution < -0.4 is 0 Å². The van der Waals surface area contributed by atoms with Gasteiger partial charge < -0.3 is 9.84 Å². The Balaban J connectivity index is 3.04. The molecule has 0 radical (unpaired) electrons. The first kappa shape index (κ1) is 11.4. The zero-order valence-electron chi connectivity index (χ0n) is 9.20. The number of Topliss-reactive ketones (excluding diaryl/α,β-unsaturated/α-hetero) is 1. The highest BCUT2D eigenvalue weighted by Gasteiger charge is 2.43. The molecule has 0 aromatic carbocycles. The third kappa shape index (κ3) is 1.88. The minimum absolute atomic E-state index is 0.0532. The minimum atomic E-state index is -1.09. The van der Waals surface area contributed by atoms with Crippen LogP contribution in [0.4, 0.5) is 0 Å². The average Bonchev–Trinajstić information content (AvgIpc) is 2.17. The summed E-state index contributed by atoms with van der Waals surface area (Å²) in [6.45, 7) is 5.57. The Morgan fingerprint density at radius 1 is 1.50 bits per heavy atom. The van der Waals surface area contributed by atoms with Gasteiger partial charge >= 0.3 is 0 Å². The third-order valence-electron chi connectivity index (χ3n) is 2.89. The highest BCUT2D eigenvalue weighted by molar-refractivity contribution is 5.89. The van der Waals surface area contributed by atoms with Crippen molar-refractivity contribution in [2.45, 2.75) is 38.9 Å². The van der Waals surface area contributed by atoms with Crippen molar-refractivity contribution >= 4 is 5.78 Å². The maximum absolute atomic E-state index is 11.9. The van der Waals surface area contributed by atoms with E-state index in [1.165, 1.54) is 7.11 Å². The van der Waals surface area contributed by atoms with Crippen molar-refractivity contribution in [2.75, 3.05) is 7.11 Å². The molecule has 2 atom stereocenters. The van der Waals surface area contributed by atoms with Crippen LogP contribution in [-0.2, 0) is 9.53 Å². The van der Waals surface area contributed by atoms with E-state index in [4.69, 9.17) is 4.74 Å². The van der Waals surface area contributed by atoms with Crippen molar-refractivity contribution in [1.29, 1.82) is 0 Å². The number of ketones is 1.